The second-order valence-electron chi connectivity index (χ2n) is 10.2. The van der Waals surface area contributed by atoms with Crippen LogP contribution in [0.5, 0.6) is 11.5 Å². The number of benzene rings is 1. The predicted octanol–water partition coefficient (Wildman–Crippen LogP) is 4.25. The number of nitrogens with zero attached hydrogens (tertiary/aromatic N) is 1. The van der Waals surface area contributed by atoms with Crippen molar-refractivity contribution in [1.29, 1.82) is 0 Å². The Morgan fingerprint density at radius 3 is 2.80 bits per heavy atom. The van der Waals surface area contributed by atoms with Gasteiger partial charge in [0.05, 0.1) is 24.5 Å². The summed E-state index contributed by atoms with van der Waals surface area (Å²) in [6.07, 6.45) is 8.23. The van der Waals surface area contributed by atoms with E-state index in [9.17, 15) is 14.7 Å². The number of hydrogen-bond donors (Lipinski definition) is 2. The number of rotatable bonds is 1. The predicted molar refractivity (Wildman–Crippen MR) is 133 cm³/mol. The third-order valence-corrected chi connectivity index (χ3v) is 7.43. The standard InChI is InChI=1S/C27H36N2O6/c1-16-8-6-7-9-19-15-21(34-26(32)28-19)17(2)25-27(3,35-25)11-10-23(30)29(4)20-13-18(12-16)14-22(33-5)24(20)31/h6-8,13-14,17,19,21,25,31H,9-12,15H2,1-5H3,(H,28,32)/b7-6+,16-8+/t17-,19?,21?,25+,27+/m1/s1. The number of amides is 2. The van der Waals surface area contributed by atoms with Crippen molar-refractivity contribution in [3.63, 3.8) is 0 Å². The summed E-state index contributed by atoms with van der Waals surface area (Å²) < 4.78 is 17.0. The van der Waals surface area contributed by atoms with Crippen LogP contribution >= 0.6 is 0 Å². The molecule has 2 N–H and O–H groups in total. The number of nitrogens with one attached hydrogen (secondary N) is 1. The van der Waals surface area contributed by atoms with Crippen LogP contribution in [0.25, 0.3) is 0 Å². The molecule has 190 valence electrons. The van der Waals surface area contributed by atoms with Gasteiger partial charge in [-0.25, -0.2) is 4.79 Å². The van der Waals surface area contributed by atoms with Crippen LogP contribution in [0, 0.1) is 5.92 Å². The molecule has 8 nitrogen and oxygen atoms in total. The zero-order valence-corrected chi connectivity index (χ0v) is 21.2. The Morgan fingerprint density at radius 1 is 1.29 bits per heavy atom. The third kappa shape index (κ3) is 5.48. The van der Waals surface area contributed by atoms with Gasteiger partial charge in [0.15, 0.2) is 11.5 Å². The summed E-state index contributed by atoms with van der Waals surface area (Å²) in [5.41, 5.74) is 2.01. The number of fused-ring (bicyclic) bond motifs is 5. The van der Waals surface area contributed by atoms with E-state index in [1.807, 2.05) is 39.0 Å². The van der Waals surface area contributed by atoms with Crippen molar-refractivity contribution < 1.29 is 28.9 Å². The fraction of sp³-hybridized carbons (Fsp3) is 0.556. The Labute approximate surface area is 206 Å². The van der Waals surface area contributed by atoms with Crippen molar-refractivity contribution in [3.8, 4) is 11.5 Å². The van der Waals surface area contributed by atoms with Crippen molar-refractivity contribution in [2.24, 2.45) is 5.92 Å². The van der Waals surface area contributed by atoms with Gasteiger partial charge in [-0.2, -0.15) is 0 Å². The molecule has 4 rings (SSSR count). The van der Waals surface area contributed by atoms with Crippen molar-refractivity contribution in [2.75, 3.05) is 19.1 Å². The summed E-state index contributed by atoms with van der Waals surface area (Å²) in [5.74, 6) is 0.172. The Bertz CT molecular complexity index is 1050. The summed E-state index contributed by atoms with van der Waals surface area (Å²) in [7, 11) is 3.17. The van der Waals surface area contributed by atoms with Gasteiger partial charge in [-0.1, -0.05) is 30.7 Å². The van der Waals surface area contributed by atoms with Crippen LogP contribution < -0.4 is 15.0 Å². The van der Waals surface area contributed by atoms with E-state index >= 15 is 0 Å². The van der Waals surface area contributed by atoms with Crippen LogP contribution in [-0.4, -0.2) is 55.1 Å². The van der Waals surface area contributed by atoms with Gasteiger partial charge in [-0.15, -0.1) is 0 Å². The summed E-state index contributed by atoms with van der Waals surface area (Å²) in [5, 5.41) is 13.6. The average Bonchev–Trinajstić information content (AvgIpc) is 3.50. The van der Waals surface area contributed by atoms with Crippen LogP contribution in [0.4, 0.5) is 10.5 Å². The van der Waals surface area contributed by atoms with E-state index in [4.69, 9.17) is 14.2 Å². The van der Waals surface area contributed by atoms with Gasteiger partial charge in [0, 0.05) is 31.8 Å². The Kier molecular flexibility index (Phi) is 7.12. The maximum atomic E-state index is 13.1. The molecule has 3 heterocycles. The maximum Gasteiger partial charge on any atom is 0.407 e. The van der Waals surface area contributed by atoms with Gasteiger partial charge < -0.3 is 29.5 Å². The van der Waals surface area contributed by atoms with E-state index in [1.54, 1.807) is 13.1 Å². The molecule has 0 spiro atoms. The van der Waals surface area contributed by atoms with E-state index in [0.29, 0.717) is 37.1 Å². The third-order valence-electron chi connectivity index (χ3n) is 7.43. The lowest BCUT2D eigenvalue weighted by atomic mass is 9.86. The zero-order valence-electron chi connectivity index (χ0n) is 21.2. The van der Waals surface area contributed by atoms with Crippen LogP contribution in [0.1, 0.15) is 52.0 Å². The Hall–Kier alpha value is -3.00. The zero-order chi connectivity index (χ0) is 25.3. The first-order chi connectivity index (χ1) is 16.6. The molecule has 1 aromatic carbocycles. The first-order valence-corrected chi connectivity index (χ1v) is 12.2. The first-order valence-electron chi connectivity index (χ1n) is 12.2. The molecule has 0 saturated carbocycles. The molecule has 0 aromatic heterocycles. The monoisotopic (exact) mass is 484 g/mol. The van der Waals surface area contributed by atoms with E-state index in [-0.39, 0.29) is 42.2 Å². The number of carbonyl (C=O) groups excluding carboxylic acids is 2. The number of carbonyl (C=O) groups is 2. The number of alkyl carbamates (subject to hydrolysis) is 1. The molecule has 2 saturated heterocycles. The molecule has 4 bridgehead atoms. The molecule has 3 aliphatic heterocycles. The minimum atomic E-state index is -0.450. The number of hydrogen-bond acceptors (Lipinski definition) is 6. The average molecular weight is 485 g/mol. The van der Waals surface area contributed by atoms with Crippen LogP contribution in [0.3, 0.4) is 0 Å². The highest BCUT2D eigenvalue weighted by atomic mass is 16.6. The smallest absolute Gasteiger partial charge is 0.407 e. The molecule has 0 aliphatic carbocycles. The summed E-state index contributed by atoms with van der Waals surface area (Å²) in [6.45, 7) is 6.08. The highest BCUT2D eigenvalue weighted by Gasteiger charge is 2.57. The molecule has 0 radical (unpaired) electrons. The summed E-state index contributed by atoms with van der Waals surface area (Å²) in [4.78, 5) is 26.8. The lowest BCUT2D eigenvalue weighted by molar-refractivity contribution is -0.118. The van der Waals surface area contributed by atoms with Crippen LogP contribution in [-0.2, 0) is 20.7 Å². The number of anilines is 1. The van der Waals surface area contributed by atoms with E-state index in [2.05, 4.69) is 11.4 Å². The normalized spacial score (nSPS) is 34.1. The van der Waals surface area contributed by atoms with Gasteiger partial charge >= 0.3 is 6.09 Å². The molecule has 2 amide bonds. The second kappa shape index (κ2) is 9.93. The van der Waals surface area contributed by atoms with Crippen LogP contribution in [0.2, 0.25) is 0 Å². The molecule has 35 heavy (non-hydrogen) atoms. The number of aromatic hydroxyl groups is 1. The minimum absolute atomic E-state index is 0.000101. The Morgan fingerprint density at radius 2 is 2.06 bits per heavy atom. The molecule has 2 fully saturated rings. The number of methoxy groups -OCH3 is 1. The van der Waals surface area contributed by atoms with Crippen molar-refractivity contribution in [1.82, 2.24) is 5.32 Å². The summed E-state index contributed by atoms with van der Waals surface area (Å²) in [6, 6.07) is 3.63. The molecule has 3 aliphatic rings. The highest BCUT2D eigenvalue weighted by Crippen LogP contribution is 2.47. The van der Waals surface area contributed by atoms with Crippen molar-refractivity contribution in [2.45, 2.75) is 76.7 Å². The fourth-order valence-corrected chi connectivity index (χ4v) is 5.19. The van der Waals surface area contributed by atoms with Crippen molar-refractivity contribution in [3.05, 3.63) is 41.5 Å². The number of ether oxygens (including phenoxy) is 3. The molecule has 2 unspecified atom stereocenters. The SMILES string of the molecule is COc1cc2cc(c1O)N(C)C(=O)CC[C@]1(C)O[C@H]1[C@H](C)C1CC(C/C=C/C=C(\C)C2)NC(=O)O1. The number of phenols is 1. The van der Waals surface area contributed by atoms with Crippen molar-refractivity contribution >= 4 is 17.7 Å². The van der Waals surface area contributed by atoms with Gasteiger partial charge in [0.2, 0.25) is 5.91 Å². The molecule has 1 aromatic rings. The van der Waals surface area contributed by atoms with E-state index in [1.165, 1.54) is 12.0 Å². The van der Waals surface area contributed by atoms with E-state index < -0.39 is 11.7 Å². The molecule has 5 atom stereocenters. The number of phenolic OH excluding ortho intramolecular Hbond substituents is 1. The lowest BCUT2D eigenvalue weighted by Gasteiger charge is -2.33. The Balaban J connectivity index is 1.63. The molecule has 8 heteroatoms. The quantitative estimate of drug-likeness (QED) is 0.578. The number of epoxide rings is 1. The van der Waals surface area contributed by atoms with Crippen LogP contribution in [0.15, 0.2) is 35.9 Å². The molecular weight excluding hydrogens is 448 g/mol. The largest absolute Gasteiger partial charge is 0.503 e. The minimum Gasteiger partial charge on any atom is -0.503 e. The second-order valence-corrected chi connectivity index (χ2v) is 10.2. The first kappa shape index (κ1) is 25.1. The maximum absolute atomic E-state index is 13.1. The van der Waals surface area contributed by atoms with E-state index in [0.717, 1.165) is 11.1 Å². The highest BCUT2D eigenvalue weighted by molar-refractivity contribution is 5.95. The van der Waals surface area contributed by atoms with Gasteiger partial charge in [-0.05, 0) is 50.8 Å². The summed E-state index contributed by atoms with van der Waals surface area (Å²) >= 11 is 0. The number of allylic oxidation sites excluding steroid dienone is 3. The van der Waals surface area contributed by atoms with Gasteiger partial charge in [0.25, 0.3) is 0 Å². The van der Waals surface area contributed by atoms with Gasteiger partial charge in [0.1, 0.15) is 6.10 Å². The molecular formula is C27H36N2O6. The lowest BCUT2D eigenvalue weighted by Crippen LogP contribution is -2.48. The topological polar surface area (TPSA) is 101 Å². The van der Waals surface area contributed by atoms with Gasteiger partial charge in [-0.3, -0.25) is 4.79 Å². The fourth-order valence-electron chi connectivity index (χ4n) is 5.19.